The largest absolute Gasteiger partial charge is 0.352 e. The molecule has 0 aliphatic rings. The predicted molar refractivity (Wildman–Crippen MR) is 23.3 cm³/mol. The molecule has 2 nitrogen and oxygen atoms in total. The lowest BCUT2D eigenvalue weighted by Gasteiger charge is -2.02. The Balaban J connectivity index is 2.54. The molecule has 0 aliphatic heterocycles. The van der Waals surface area contributed by atoms with Gasteiger partial charge in [0.2, 0.25) is 10.5 Å². The minimum atomic E-state index is 1.46. The highest BCUT2D eigenvalue weighted by Gasteiger charge is 1.70. The molecule has 0 aromatic rings. The van der Waals surface area contributed by atoms with Crippen molar-refractivity contribution in [3.05, 3.63) is 0 Å². The number of hydrogen-bond donors (Lipinski definition) is 0. The zero-order valence-corrected chi connectivity index (χ0v) is 4.98. The minimum absolute atomic E-state index is 1.46. The topological polar surface area (TPSA) is 12.5 Å². The van der Waals surface area contributed by atoms with Crippen LogP contribution in [0.15, 0.2) is 0 Å². The molecule has 0 spiro atoms. The van der Waals surface area contributed by atoms with Crippen molar-refractivity contribution in [2.45, 2.75) is 0 Å². The van der Waals surface area contributed by atoms with E-state index in [9.17, 15) is 0 Å². The molecule has 0 heterocycles. The molecule has 0 bridgehead atoms. The zero-order valence-electron chi connectivity index (χ0n) is 3.56. The Morgan fingerprint density at radius 1 is 1.60 bits per heavy atom. The van der Waals surface area contributed by atoms with Crippen LogP contribution in [0, 0.1) is 0 Å². The third-order valence-electron chi connectivity index (χ3n) is 0.258. The molecule has 0 fully saturated rings. The van der Waals surface area contributed by atoms with Crippen molar-refractivity contribution in [3.8, 4) is 0 Å². The molecule has 5 heavy (non-hydrogen) atoms. The fraction of sp³-hybridized carbons (Fsp3) is 1.00. The first-order valence-electron chi connectivity index (χ1n) is 1.37. The van der Waals surface area contributed by atoms with Crippen LogP contribution in [0.1, 0.15) is 0 Å². The molecule has 31 valence electrons. The summed E-state index contributed by atoms with van der Waals surface area (Å²) in [5, 5.41) is 1.64. The van der Waals surface area contributed by atoms with Gasteiger partial charge in [0.05, 0.1) is 0 Å². The maximum atomic E-state index is 4.61. The Hall–Kier alpha value is 0.137. The maximum Gasteiger partial charge on any atom is 0.205 e. The second-order valence-electron chi connectivity index (χ2n) is 0.941. The van der Waals surface area contributed by atoms with E-state index in [2.05, 4.69) is 4.53 Å². The number of hydrogen-bond acceptors (Lipinski definition) is 2. The Labute approximate surface area is 35.2 Å². The number of nitrogens with zero attached hydrogens (tertiary/aromatic N) is 1. The molecule has 0 saturated carbocycles. The molecular weight excluding hydrogens is 82.1 g/mol. The SMILES string of the molecule is CN(C)O[SiH2]. The molecule has 0 aliphatic carbocycles. The van der Waals surface area contributed by atoms with Crippen molar-refractivity contribution in [2.75, 3.05) is 14.1 Å². The van der Waals surface area contributed by atoms with Gasteiger partial charge in [-0.1, -0.05) is 0 Å². The highest BCUT2D eigenvalue weighted by Crippen LogP contribution is 1.62. The normalized spacial score (nSPS) is 9.60. The summed E-state index contributed by atoms with van der Waals surface area (Å²) in [7, 11) is 5.14. The van der Waals surface area contributed by atoms with Gasteiger partial charge in [-0.05, 0) is 0 Å². The standard InChI is InChI=1S/C2H8NOSi/c1-3(2)4-5/h5H2,1-2H3. The van der Waals surface area contributed by atoms with Crippen LogP contribution in [0.2, 0.25) is 0 Å². The number of hydroxylamine groups is 2. The summed E-state index contributed by atoms with van der Waals surface area (Å²) in [4.78, 5) is 0. The van der Waals surface area contributed by atoms with Crippen molar-refractivity contribution in [1.82, 2.24) is 5.06 Å². The third-order valence-corrected chi connectivity index (χ3v) is 0.775. The summed E-state index contributed by atoms with van der Waals surface area (Å²) in [6, 6.07) is 0. The molecule has 0 N–H and O–H groups in total. The zero-order chi connectivity index (χ0) is 4.28. The van der Waals surface area contributed by atoms with Crippen molar-refractivity contribution in [2.24, 2.45) is 0 Å². The Kier molecular flexibility index (Phi) is 2.44. The first kappa shape index (κ1) is 5.14. The molecule has 1 radical (unpaired) electrons. The van der Waals surface area contributed by atoms with Crippen LogP contribution in [-0.2, 0) is 4.53 Å². The van der Waals surface area contributed by atoms with Gasteiger partial charge in [0.15, 0.2) is 0 Å². The highest BCUT2D eigenvalue weighted by atomic mass is 28.2. The van der Waals surface area contributed by atoms with Crippen LogP contribution in [0.5, 0.6) is 0 Å². The molecule has 3 heteroatoms. The first-order valence-corrected chi connectivity index (χ1v) is 1.94. The van der Waals surface area contributed by atoms with Crippen LogP contribution < -0.4 is 0 Å². The third kappa shape index (κ3) is 4.14. The molecular formula is C2H8NOSi. The number of rotatable bonds is 1. The van der Waals surface area contributed by atoms with E-state index < -0.39 is 0 Å². The lowest BCUT2D eigenvalue weighted by atomic mass is 11.2. The van der Waals surface area contributed by atoms with Gasteiger partial charge in [-0.3, -0.25) is 0 Å². The summed E-state index contributed by atoms with van der Waals surface area (Å²) in [5.74, 6) is 0. The highest BCUT2D eigenvalue weighted by molar-refractivity contribution is 5.97. The Bertz CT molecular complexity index is 23.6. The lowest BCUT2D eigenvalue weighted by molar-refractivity contribution is 0.00678. The van der Waals surface area contributed by atoms with Gasteiger partial charge in [-0.25, -0.2) is 5.06 Å². The first-order chi connectivity index (χ1) is 2.27. The van der Waals surface area contributed by atoms with Gasteiger partial charge in [0, 0.05) is 14.1 Å². The molecule has 0 aromatic heterocycles. The van der Waals surface area contributed by atoms with Crippen LogP contribution in [0.3, 0.4) is 0 Å². The second-order valence-corrected chi connectivity index (χ2v) is 1.20. The van der Waals surface area contributed by atoms with Gasteiger partial charge in [-0.2, -0.15) is 0 Å². The summed E-state index contributed by atoms with van der Waals surface area (Å²) >= 11 is 0. The van der Waals surface area contributed by atoms with Gasteiger partial charge in [0.1, 0.15) is 0 Å². The Morgan fingerprint density at radius 3 is 1.80 bits per heavy atom. The summed E-state index contributed by atoms with van der Waals surface area (Å²) in [6.45, 7) is 0. The molecule has 0 aromatic carbocycles. The van der Waals surface area contributed by atoms with E-state index in [4.69, 9.17) is 0 Å². The molecule has 0 amide bonds. The van der Waals surface area contributed by atoms with E-state index >= 15 is 0 Å². The maximum absolute atomic E-state index is 4.61. The fourth-order valence-electron chi connectivity index (χ4n) is 0. The molecule has 0 saturated heterocycles. The van der Waals surface area contributed by atoms with E-state index in [-0.39, 0.29) is 0 Å². The van der Waals surface area contributed by atoms with Crippen LogP contribution in [0.4, 0.5) is 0 Å². The van der Waals surface area contributed by atoms with Crippen molar-refractivity contribution < 1.29 is 4.53 Å². The minimum Gasteiger partial charge on any atom is -0.352 e. The fourth-order valence-corrected chi connectivity index (χ4v) is 0. The van der Waals surface area contributed by atoms with E-state index in [0.29, 0.717) is 0 Å². The van der Waals surface area contributed by atoms with Crippen LogP contribution in [-0.4, -0.2) is 29.6 Å². The van der Waals surface area contributed by atoms with E-state index in [0.717, 1.165) is 0 Å². The monoisotopic (exact) mass is 90.0 g/mol. The van der Waals surface area contributed by atoms with Crippen molar-refractivity contribution in [3.63, 3.8) is 0 Å². The quantitative estimate of drug-likeness (QED) is 0.303. The van der Waals surface area contributed by atoms with E-state index in [1.165, 1.54) is 10.5 Å². The van der Waals surface area contributed by atoms with Gasteiger partial charge in [-0.15, -0.1) is 0 Å². The summed E-state index contributed by atoms with van der Waals surface area (Å²) in [5.41, 5.74) is 0. The van der Waals surface area contributed by atoms with Crippen LogP contribution >= 0.6 is 0 Å². The van der Waals surface area contributed by atoms with Gasteiger partial charge >= 0.3 is 0 Å². The van der Waals surface area contributed by atoms with Gasteiger partial charge < -0.3 is 4.53 Å². The van der Waals surface area contributed by atoms with Crippen LogP contribution in [0.25, 0.3) is 0 Å². The molecule has 0 unspecified atom stereocenters. The smallest absolute Gasteiger partial charge is 0.205 e. The van der Waals surface area contributed by atoms with E-state index in [1.807, 2.05) is 14.1 Å². The lowest BCUT2D eigenvalue weighted by Crippen LogP contribution is -2.08. The van der Waals surface area contributed by atoms with E-state index in [1.54, 1.807) is 5.06 Å². The molecule has 0 rings (SSSR count). The average molecular weight is 90.2 g/mol. The summed E-state index contributed by atoms with van der Waals surface area (Å²) < 4.78 is 4.61. The average Bonchev–Trinajstić information content (AvgIpc) is 1.38. The van der Waals surface area contributed by atoms with Crippen molar-refractivity contribution in [1.29, 1.82) is 0 Å². The Morgan fingerprint density at radius 2 is 1.80 bits per heavy atom. The predicted octanol–water partition coefficient (Wildman–Crippen LogP) is -0.972. The van der Waals surface area contributed by atoms with Crippen molar-refractivity contribution >= 4 is 10.5 Å². The summed E-state index contributed by atoms with van der Waals surface area (Å²) in [6.07, 6.45) is 0. The molecule has 0 atom stereocenters. The second kappa shape index (κ2) is 2.38. The van der Waals surface area contributed by atoms with Gasteiger partial charge in [0.25, 0.3) is 0 Å².